The van der Waals surface area contributed by atoms with Gasteiger partial charge in [0.15, 0.2) is 11.5 Å². The van der Waals surface area contributed by atoms with E-state index in [0.29, 0.717) is 19.0 Å². The highest BCUT2D eigenvalue weighted by Crippen LogP contribution is 2.30. The van der Waals surface area contributed by atoms with Crippen molar-refractivity contribution in [2.45, 2.75) is 33.7 Å². The number of benzene rings is 1. The van der Waals surface area contributed by atoms with Gasteiger partial charge in [0, 0.05) is 6.08 Å². The summed E-state index contributed by atoms with van der Waals surface area (Å²) in [5.41, 5.74) is 0.972. The molecule has 0 aliphatic carbocycles. The average molecular weight is 303 g/mol. The topological polar surface area (TPSA) is 47.6 Å². The lowest BCUT2D eigenvalue weighted by Crippen LogP contribution is -2.24. The fourth-order valence-corrected chi connectivity index (χ4v) is 1.94. The molecule has 1 aromatic carbocycles. The Morgan fingerprint density at radius 2 is 1.86 bits per heavy atom. The Morgan fingerprint density at radius 3 is 2.50 bits per heavy atom. The van der Waals surface area contributed by atoms with Crippen molar-refractivity contribution < 1.29 is 14.3 Å². The lowest BCUT2D eigenvalue weighted by molar-refractivity contribution is -0.117. The molecule has 0 fully saturated rings. The smallest absolute Gasteiger partial charge is 0.244 e. The van der Waals surface area contributed by atoms with Gasteiger partial charge in [-0.3, -0.25) is 4.79 Å². The Hall–Kier alpha value is -2.23. The highest BCUT2D eigenvalue weighted by Gasteiger charge is 2.12. The van der Waals surface area contributed by atoms with E-state index < -0.39 is 0 Å². The number of rotatable bonds is 8. The zero-order valence-corrected chi connectivity index (χ0v) is 13.8. The van der Waals surface area contributed by atoms with Crippen molar-refractivity contribution in [3.05, 3.63) is 48.1 Å². The minimum absolute atomic E-state index is 0.113. The molecule has 0 spiro atoms. The second-order valence-corrected chi connectivity index (χ2v) is 4.69. The SMILES string of the molecule is C/C=C/C=C/C(=O)NC(C)c1ccc(OCC)c(OCC)c1. The monoisotopic (exact) mass is 303 g/mol. The first-order chi connectivity index (χ1) is 10.6. The first-order valence-electron chi connectivity index (χ1n) is 7.61. The molecule has 0 aliphatic heterocycles. The summed E-state index contributed by atoms with van der Waals surface area (Å²) < 4.78 is 11.1. The quantitative estimate of drug-likeness (QED) is 0.587. The third kappa shape index (κ3) is 5.64. The van der Waals surface area contributed by atoms with Gasteiger partial charge in [-0.2, -0.15) is 0 Å². The Labute approximate surface area is 132 Å². The molecule has 1 unspecified atom stereocenters. The molecule has 0 aromatic heterocycles. The predicted octanol–water partition coefficient (Wildman–Crippen LogP) is 3.79. The van der Waals surface area contributed by atoms with Gasteiger partial charge in [-0.05, 0) is 45.4 Å². The Bertz CT molecular complexity index is 535. The van der Waals surface area contributed by atoms with Crippen LogP contribution in [-0.4, -0.2) is 19.1 Å². The molecule has 1 amide bonds. The molecular formula is C18H25NO3. The van der Waals surface area contributed by atoms with Crippen molar-refractivity contribution >= 4 is 5.91 Å². The van der Waals surface area contributed by atoms with Gasteiger partial charge in [0.25, 0.3) is 0 Å². The fourth-order valence-electron chi connectivity index (χ4n) is 1.94. The van der Waals surface area contributed by atoms with E-state index in [4.69, 9.17) is 9.47 Å². The Morgan fingerprint density at radius 1 is 1.18 bits per heavy atom. The van der Waals surface area contributed by atoms with Gasteiger partial charge in [0.05, 0.1) is 19.3 Å². The van der Waals surface area contributed by atoms with Crippen LogP contribution in [-0.2, 0) is 4.79 Å². The zero-order valence-electron chi connectivity index (χ0n) is 13.8. The van der Waals surface area contributed by atoms with Crippen LogP contribution in [0.5, 0.6) is 11.5 Å². The number of hydrogen-bond donors (Lipinski definition) is 1. The van der Waals surface area contributed by atoms with Gasteiger partial charge in [0.2, 0.25) is 5.91 Å². The summed E-state index contributed by atoms with van der Waals surface area (Å²) in [4.78, 5) is 11.8. The highest BCUT2D eigenvalue weighted by atomic mass is 16.5. The number of carbonyl (C=O) groups is 1. The molecule has 1 rings (SSSR count). The molecular weight excluding hydrogens is 278 g/mol. The number of hydrogen-bond acceptors (Lipinski definition) is 3. The van der Waals surface area contributed by atoms with E-state index in [1.807, 2.05) is 58.0 Å². The van der Waals surface area contributed by atoms with E-state index in [9.17, 15) is 4.79 Å². The van der Waals surface area contributed by atoms with E-state index in [-0.39, 0.29) is 11.9 Å². The molecule has 1 aromatic rings. The molecule has 0 aliphatic rings. The van der Waals surface area contributed by atoms with Gasteiger partial charge >= 0.3 is 0 Å². The van der Waals surface area contributed by atoms with Gasteiger partial charge < -0.3 is 14.8 Å². The van der Waals surface area contributed by atoms with Crippen molar-refractivity contribution in [1.29, 1.82) is 0 Å². The molecule has 0 saturated heterocycles. The molecule has 22 heavy (non-hydrogen) atoms. The second kappa shape index (κ2) is 9.66. The number of nitrogens with one attached hydrogen (secondary N) is 1. The molecule has 0 saturated carbocycles. The maximum Gasteiger partial charge on any atom is 0.244 e. The third-order valence-electron chi connectivity index (χ3n) is 2.98. The normalized spacial score (nSPS) is 12.5. The van der Waals surface area contributed by atoms with Crippen LogP contribution in [0.2, 0.25) is 0 Å². The van der Waals surface area contributed by atoms with Gasteiger partial charge in [-0.25, -0.2) is 0 Å². The third-order valence-corrected chi connectivity index (χ3v) is 2.98. The summed E-state index contributed by atoms with van der Waals surface area (Å²) in [6.07, 6.45) is 6.91. The number of carbonyl (C=O) groups excluding carboxylic acids is 1. The lowest BCUT2D eigenvalue weighted by atomic mass is 10.1. The predicted molar refractivity (Wildman–Crippen MR) is 89.3 cm³/mol. The van der Waals surface area contributed by atoms with Crippen LogP contribution >= 0.6 is 0 Å². The van der Waals surface area contributed by atoms with E-state index >= 15 is 0 Å². The van der Waals surface area contributed by atoms with Crippen LogP contribution in [0.15, 0.2) is 42.5 Å². The maximum atomic E-state index is 11.8. The van der Waals surface area contributed by atoms with Crippen LogP contribution in [0, 0.1) is 0 Å². The largest absolute Gasteiger partial charge is 0.490 e. The summed E-state index contributed by atoms with van der Waals surface area (Å²) in [6.45, 7) is 8.86. The van der Waals surface area contributed by atoms with E-state index in [1.54, 1.807) is 6.08 Å². The summed E-state index contributed by atoms with van der Waals surface area (Å²) in [6, 6.07) is 5.61. The molecule has 1 N–H and O–H groups in total. The van der Waals surface area contributed by atoms with Crippen LogP contribution in [0.1, 0.15) is 39.3 Å². The van der Waals surface area contributed by atoms with E-state index in [1.165, 1.54) is 6.08 Å². The van der Waals surface area contributed by atoms with Crippen molar-refractivity contribution in [2.24, 2.45) is 0 Å². The number of allylic oxidation sites excluding steroid dienone is 3. The van der Waals surface area contributed by atoms with Crippen LogP contribution < -0.4 is 14.8 Å². The Kier molecular flexibility index (Phi) is 7.83. The minimum Gasteiger partial charge on any atom is -0.490 e. The molecule has 0 bridgehead atoms. The van der Waals surface area contributed by atoms with Crippen LogP contribution in [0.3, 0.4) is 0 Å². The lowest BCUT2D eigenvalue weighted by Gasteiger charge is -2.16. The molecule has 0 heterocycles. The van der Waals surface area contributed by atoms with Crippen LogP contribution in [0.4, 0.5) is 0 Å². The molecule has 4 nitrogen and oxygen atoms in total. The first-order valence-corrected chi connectivity index (χ1v) is 7.61. The minimum atomic E-state index is -0.127. The summed E-state index contributed by atoms with van der Waals surface area (Å²) >= 11 is 0. The van der Waals surface area contributed by atoms with Gasteiger partial charge in [-0.15, -0.1) is 0 Å². The fraction of sp³-hybridized carbons (Fsp3) is 0.389. The summed E-state index contributed by atoms with van der Waals surface area (Å²) in [5, 5.41) is 2.92. The van der Waals surface area contributed by atoms with Gasteiger partial charge in [-0.1, -0.05) is 24.3 Å². The number of amides is 1. The van der Waals surface area contributed by atoms with Crippen molar-refractivity contribution in [2.75, 3.05) is 13.2 Å². The molecule has 0 radical (unpaired) electrons. The molecule has 1 atom stereocenters. The second-order valence-electron chi connectivity index (χ2n) is 4.69. The van der Waals surface area contributed by atoms with Crippen molar-refractivity contribution in [3.63, 3.8) is 0 Å². The summed E-state index contributed by atoms with van der Waals surface area (Å²) in [5.74, 6) is 1.30. The van der Waals surface area contributed by atoms with Crippen molar-refractivity contribution in [1.82, 2.24) is 5.32 Å². The molecule has 4 heteroatoms. The number of ether oxygens (including phenoxy) is 2. The average Bonchev–Trinajstić information content (AvgIpc) is 2.49. The highest BCUT2D eigenvalue weighted by molar-refractivity contribution is 5.88. The maximum absolute atomic E-state index is 11.8. The molecule has 120 valence electrons. The standard InChI is InChI=1S/C18H25NO3/c1-5-8-9-10-18(20)19-14(4)15-11-12-16(21-6-2)17(13-15)22-7-3/h5,8-14H,6-7H2,1-4H3,(H,19,20)/b8-5+,10-9+. The van der Waals surface area contributed by atoms with E-state index in [2.05, 4.69) is 5.32 Å². The Balaban J connectivity index is 2.82. The van der Waals surface area contributed by atoms with Crippen LogP contribution in [0.25, 0.3) is 0 Å². The van der Waals surface area contributed by atoms with E-state index in [0.717, 1.165) is 11.3 Å². The van der Waals surface area contributed by atoms with Crippen molar-refractivity contribution in [3.8, 4) is 11.5 Å². The zero-order chi connectivity index (χ0) is 16.4. The summed E-state index contributed by atoms with van der Waals surface area (Å²) in [7, 11) is 0. The first kappa shape index (κ1) is 17.8. The van der Waals surface area contributed by atoms with Gasteiger partial charge in [0.1, 0.15) is 0 Å².